The zero-order valence-corrected chi connectivity index (χ0v) is 29.9. The number of piperidine rings is 1. The van der Waals surface area contributed by atoms with Crippen LogP contribution in [0.15, 0.2) is 89.6 Å². The number of hydrogen-bond acceptors (Lipinski definition) is 8. The Kier molecular flexibility index (Phi) is 10.8. The third kappa shape index (κ3) is 7.62. The van der Waals surface area contributed by atoms with E-state index in [-0.39, 0.29) is 35.5 Å². The highest BCUT2D eigenvalue weighted by molar-refractivity contribution is 5.93. The average Bonchev–Trinajstić information content (AvgIpc) is 3.82. The number of nitrogens with zero attached hydrogens (tertiary/aromatic N) is 3. The van der Waals surface area contributed by atoms with Crippen molar-refractivity contribution in [2.75, 3.05) is 18.8 Å². The van der Waals surface area contributed by atoms with Crippen molar-refractivity contribution in [2.24, 2.45) is 5.92 Å². The number of nitrogens with two attached hydrogens (primary N) is 1. The zero-order chi connectivity index (χ0) is 37.9. The monoisotopic (exact) mass is 735 g/mol. The summed E-state index contributed by atoms with van der Waals surface area (Å²) >= 11 is 0. The Bertz CT molecular complexity index is 2140. The highest BCUT2D eigenvalue weighted by Gasteiger charge is 2.40. The van der Waals surface area contributed by atoms with Gasteiger partial charge in [0.15, 0.2) is 11.5 Å². The summed E-state index contributed by atoms with van der Waals surface area (Å²) in [6, 6.07) is 22.5. The van der Waals surface area contributed by atoms with E-state index in [1.807, 2.05) is 23.2 Å². The van der Waals surface area contributed by atoms with Crippen molar-refractivity contribution >= 4 is 17.6 Å². The van der Waals surface area contributed by atoms with E-state index in [1.165, 1.54) is 39.9 Å². The van der Waals surface area contributed by atoms with E-state index in [0.717, 1.165) is 43.1 Å². The van der Waals surface area contributed by atoms with E-state index >= 15 is 0 Å². The molecule has 5 atom stereocenters. The molecule has 5 aromatic rings. The van der Waals surface area contributed by atoms with Gasteiger partial charge in [-0.3, -0.25) is 19.5 Å². The number of aliphatic hydroxyl groups is 1. The molecule has 10 nitrogen and oxygen atoms in total. The van der Waals surface area contributed by atoms with E-state index in [1.54, 1.807) is 0 Å². The number of hydrogen-bond donors (Lipinski definition) is 4. The van der Waals surface area contributed by atoms with Gasteiger partial charge in [0.25, 0.3) is 5.91 Å². The topological polar surface area (TPSA) is 155 Å². The molecule has 3 aromatic carbocycles. The third-order valence-electron chi connectivity index (χ3n) is 11.0. The molecule has 1 saturated heterocycles. The molecule has 5 N–H and O–H groups in total. The van der Waals surface area contributed by atoms with Gasteiger partial charge >= 0.3 is 5.97 Å². The number of aromatic nitrogens is 2. The summed E-state index contributed by atoms with van der Waals surface area (Å²) in [6.07, 6.45) is 6.21. The van der Waals surface area contributed by atoms with Crippen LogP contribution >= 0.6 is 0 Å². The van der Waals surface area contributed by atoms with Crippen molar-refractivity contribution in [2.45, 2.75) is 69.6 Å². The normalized spacial score (nSPS) is 21.3. The molecule has 3 heterocycles. The van der Waals surface area contributed by atoms with Crippen LogP contribution in [0.3, 0.4) is 0 Å². The maximum Gasteiger partial charge on any atom is 0.309 e. The Morgan fingerprint density at radius 1 is 0.963 bits per heavy atom. The number of nitrogen functional groups attached to an aromatic ring is 1. The molecule has 2 aliphatic carbocycles. The van der Waals surface area contributed by atoms with Gasteiger partial charge in [-0.05, 0) is 71.3 Å². The lowest BCUT2D eigenvalue weighted by Gasteiger charge is -2.43. The summed E-state index contributed by atoms with van der Waals surface area (Å²) in [4.78, 5) is 31.1. The number of benzene rings is 3. The Hall–Kier alpha value is -5.46. The fourth-order valence-corrected chi connectivity index (χ4v) is 8.08. The van der Waals surface area contributed by atoms with Crippen LogP contribution in [0, 0.1) is 17.6 Å². The summed E-state index contributed by atoms with van der Waals surface area (Å²) in [5, 5.41) is 26.4. The van der Waals surface area contributed by atoms with Gasteiger partial charge in [0.2, 0.25) is 0 Å². The largest absolute Gasteiger partial charge is 0.481 e. The minimum Gasteiger partial charge on any atom is -0.481 e. The number of carboxylic acids is 1. The van der Waals surface area contributed by atoms with Crippen LogP contribution < -0.4 is 11.1 Å². The third-order valence-corrected chi connectivity index (χ3v) is 11.0. The SMILES string of the molecule is C[C@H](c1ccccn1)c1ccc2c(c1N)Cc1ccccc1-2.O=C(N[C@H]1CCN([C@H]2CCCC[C@@H]2O)C[C@@H]1C(=O)O)c1cc(-c2ccc(F)cc2F)on1. The molecule has 0 unspecified atom stereocenters. The van der Waals surface area contributed by atoms with Gasteiger partial charge < -0.3 is 25.8 Å². The molecule has 1 saturated carbocycles. The van der Waals surface area contributed by atoms with E-state index in [0.29, 0.717) is 25.5 Å². The van der Waals surface area contributed by atoms with Crippen molar-refractivity contribution < 1.29 is 33.1 Å². The molecule has 0 radical (unpaired) electrons. The minimum atomic E-state index is -1.03. The van der Waals surface area contributed by atoms with Crippen molar-refractivity contribution in [1.82, 2.24) is 20.4 Å². The van der Waals surface area contributed by atoms with Crippen LogP contribution in [0.25, 0.3) is 22.5 Å². The number of halogens is 2. The van der Waals surface area contributed by atoms with E-state index in [2.05, 4.69) is 64.8 Å². The van der Waals surface area contributed by atoms with Gasteiger partial charge in [-0.25, -0.2) is 8.78 Å². The molecule has 8 rings (SSSR count). The Morgan fingerprint density at radius 2 is 1.74 bits per heavy atom. The predicted molar refractivity (Wildman–Crippen MR) is 200 cm³/mol. The van der Waals surface area contributed by atoms with Crippen LogP contribution in [-0.4, -0.2) is 68.4 Å². The molecule has 2 aromatic heterocycles. The highest BCUT2D eigenvalue weighted by atomic mass is 19.1. The molecule has 0 spiro atoms. The number of fused-ring (bicyclic) bond motifs is 3. The number of amides is 1. The number of aliphatic carboxylic acids is 1. The lowest BCUT2D eigenvalue weighted by Crippen LogP contribution is -2.58. The first-order valence-corrected chi connectivity index (χ1v) is 18.4. The second-order valence-electron chi connectivity index (χ2n) is 14.3. The van der Waals surface area contributed by atoms with Crippen LogP contribution in [-0.2, 0) is 11.2 Å². The van der Waals surface area contributed by atoms with Gasteiger partial charge in [-0.2, -0.15) is 0 Å². The van der Waals surface area contributed by atoms with Crippen molar-refractivity contribution in [3.8, 4) is 22.5 Å². The predicted octanol–water partition coefficient (Wildman–Crippen LogP) is 6.82. The fraction of sp³-hybridized carbons (Fsp3) is 0.333. The average molecular weight is 736 g/mol. The van der Waals surface area contributed by atoms with Crippen molar-refractivity contribution in [1.29, 1.82) is 0 Å². The first-order valence-electron chi connectivity index (χ1n) is 18.4. The lowest BCUT2D eigenvalue weighted by atomic mass is 9.86. The molecule has 3 aliphatic rings. The Morgan fingerprint density at radius 3 is 2.50 bits per heavy atom. The standard InChI is InChI=1S/C22H25F2N3O5.C20H18N2/c23-12-5-6-13(15(24)9-12)20-10-17(26-32-20)21(29)25-16-7-8-27(11-14(16)22(30)31)18-3-1-2-4-19(18)28;1-13(19-8-4-5-11-22-19)15-9-10-17-16-7-3-2-6-14(16)12-18(17)20(15)21/h5-6,9-10,14,16,18-19,28H,1-4,7-8,11H2,(H,25,29)(H,30,31);2-11,13H,12,21H2,1H3/t14-,16-,18-,19-;13-/m00/s1. The van der Waals surface area contributed by atoms with Gasteiger partial charge in [0.05, 0.1) is 17.6 Å². The Balaban J connectivity index is 0.000000178. The number of nitrogens with one attached hydrogen (secondary N) is 1. The van der Waals surface area contributed by atoms with Crippen molar-refractivity contribution in [3.05, 3.63) is 125 Å². The van der Waals surface area contributed by atoms with Gasteiger partial charge in [0, 0.05) is 67.2 Å². The summed E-state index contributed by atoms with van der Waals surface area (Å²) in [7, 11) is 0. The number of aliphatic hydroxyl groups excluding tert-OH is 1. The van der Waals surface area contributed by atoms with Crippen LogP contribution in [0.4, 0.5) is 14.5 Å². The summed E-state index contributed by atoms with van der Waals surface area (Å²) in [6.45, 7) is 2.96. The summed E-state index contributed by atoms with van der Waals surface area (Å²) in [5.41, 5.74) is 14.7. The molecule has 2 fully saturated rings. The lowest BCUT2D eigenvalue weighted by molar-refractivity contribution is -0.145. The smallest absolute Gasteiger partial charge is 0.309 e. The van der Waals surface area contributed by atoms with Crippen LogP contribution in [0.5, 0.6) is 0 Å². The second kappa shape index (κ2) is 15.9. The fourth-order valence-electron chi connectivity index (χ4n) is 8.08. The number of anilines is 1. The summed E-state index contributed by atoms with van der Waals surface area (Å²) in [5.74, 6) is -3.93. The van der Waals surface area contributed by atoms with Crippen LogP contribution in [0.2, 0.25) is 0 Å². The molecule has 1 aliphatic heterocycles. The number of likely N-dealkylation sites (tertiary alicyclic amines) is 1. The summed E-state index contributed by atoms with van der Waals surface area (Å²) < 4.78 is 32.1. The molecule has 12 heteroatoms. The first kappa shape index (κ1) is 36.9. The maximum atomic E-state index is 14.0. The molecule has 54 heavy (non-hydrogen) atoms. The van der Waals surface area contributed by atoms with Crippen molar-refractivity contribution in [3.63, 3.8) is 0 Å². The molecular formula is C42H43F2N5O5. The first-order chi connectivity index (χ1) is 26.1. The zero-order valence-electron chi connectivity index (χ0n) is 29.9. The highest BCUT2D eigenvalue weighted by Crippen LogP contribution is 2.42. The molecular weight excluding hydrogens is 692 g/mol. The number of carbonyl (C=O) groups is 2. The van der Waals surface area contributed by atoms with E-state index < -0.39 is 41.6 Å². The van der Waals surface area contributed by atoms with E-state index in [9.17, 15) is 28.6 Å². The van der Waals surface area contributed by atoms with Crippen LogP contribution in [0.1, 0.15) is 77.8 Å². The maximum absolute atomic E-state index is 14.0. The Labute approximate surface area is 312 Å². The van der Waals surface area contributed by atoms with Gasteiger partial charge in [-0.15, -0.1) is 0 Å². The number of pyridine rings is 1. The van der Waals surface area contributed by atoms with Gasteiger partial charge in [-0.1, -0.05) is 67.4 Å². The van der Waals surface area contributed by atoms with Gasteiger partial charge in [0.1, 0.15) is 11.6 Å². The number of rotatable bonds is 7. The quantitative estimate of drug-likeness (QED) is 0.129. The second-order valence-corrected chi connectivity index (χ2v) is 14.3. The van der Waals surface area contributed by atoms with E-state index in [4.69, 9.17) is 10.3 Å². The molecule has 0 bridgehead atoms. The number of carboxylic acid groups (broad SMARTS) is 1. The molecule has 280 valence electrons. The minimum absolute atomic E-state index is 0.0384. The molecule has 1 amide bonds. The number of carbonyl (C=O) groups excluding carboxylic acids is 1.